The van der Waals surface area contributed by atoms with Crippen molar-refractivity contribution in [2.45, 2.75) is 51.4 Å². The maximum Gasteiger partial charge on any atom is 0.303 e. The van der Waals surface area contributed by atoms with Gasteiger partial charge in [0.25, 0.3) is 0 Å². The van der Waals surface area contributed by atoms with Gasteiger partial charge >= 0.3 is 5.97 Å². The van der Waals surface area contributed by atoms with E-state index in [1.54, 1.807) is 0 Å². The van der Waals surface area contributed by atoms with Crippen LogP contribution >= 0.6 is 0 Å². The summed E-state index contributed by atoms with van der Waals surface area (Å²) in [4.78, 5) is 10.2. The van der Waals surface area contributed by atoms with Crippen LogP contribution in [0.4, 0.5) is 0 Å². The molecule has 0 aromatic carbocycles. The van der Waals surface area contributed by atoms with Crippen molar-refractivity contribution in [3.05, 3.63) is 12.7 Å². The van der Waals surface area contributed by atoms with Crippen molar-refractivity contribution in [2.24, 2.45) is 0 Å². The van der Waals surface area contributed by atoms with Gasteiger partial charge in [0.05, 0.1) is 0 Å². The first-order valence-electron chi connectivity index (χ1n) is 5.54. The lowest BCUT2D eigenvalue weighted by atomic mass is 10.1. The van der Waals surface area contributed by atoms with E-state index in [2.05, 4.69) is 6.58 Å². The Balaban J connectivity index is 0. The number of carboxylic acid groups (broad SMARTS) is 1. The van der Waals surface area contributed by atoms with E-state index in [1.807, 2.05) is 6.08 Å². The molecule has 0 bridgehead atoms. The molecule has 0 fully saturated rings. The fraction of sp³-hybridized carbons (Fsp3) is 0.750. The van der Waals surface area contributed by atoms with Crippen LogP contribution in [-0.4, -0.2) is 23.3 Å². The lowest BCUT2D eigenvalue weighted by Crippen LogP contribution is -1.93. The third-order valence-electron chi connectivity index (χ3n) is 2.05. The maximum atomic E-state index is 10.2. The van der Waals surface area contributed by atoms with Crippen LogP contribution in [0.3, 0.4) is 0 Å². The smallest absolute Gasteiger partial charge is 0.303 e. The van der Waals surface area contributed by atoms with E-state index in [1.165, 1.54) is 25.7 Å². The Morgan fingerprint density at radius 1 is 1.07 bits per heavy atom. The molecule has 0 aliphatic heterocycles. The summed E-state index contributed by atoms with van der Waals surface area (Å²) in [6.45, 7) is 3.66. The van der Waals surface area contributed by atoms with E-state index in [0.29, 0.717) is 6.42 Å². The highest BCUT2D eigenvalue weighted by Crippen LogP contribution is 2.08. The fourth-order valence-electron chi connectivity index (χ4n) is 1.27. The minimum Gasteiger partial charge on any atom is -0.481 e. The highest BCUT2D eigenvalue weighted by atomic mass is 16.4. The molecular formula is C12H24O3. The second-order valence-electron chi connectivity index (χ2n) is 3.34. The molecule has 0 amide bonds. The molecule has 0 rings (SSSR count). The summed E-state index contributed by atoms with van der Waals surface area (Å²) < 4.78 is 0. The zero-order chi connectivity index (χ0) is 11.9. The Kier molecular flexibility index (Phi) is 17.3. The number of carboxylic acids is 1. The summed E-state index contributed by atoms with van der Waals surface area (Å²) in [7, 11) is 1.00. The summed E-state index contributed by atoms with van der Waals surface area (Å²) in [6, 6.07) is 0. The van der Waals surface area contributed by atoms with E-state index in [0.717, 1.165) is 26.4 Å². The van der Waals surface area contributed by atoms with E-state index in [-0.39, 0.29) is 0 Å². The number of unbranched alkanes of at least 4 members (excludes halogenated alkanes) is 6. The van der Waals surface area contributed by atoms with Crippen molar-refractivity contribution in [1.29, 1.82) is 0 Å². The molecule has 90 valence electrons. The lowest BCUT2D eigenvalue weighted by molar-refractivity contribution is -0.137. The molecular weight excluding hydrogens is 192 g/mol. The molecule has 2 N–H and O–H groups in total. The molecule has 3 nitrogen and oxygen atoms in total. The van der Waals surface area contributed by atoms with Gasteiger partial charge in [-0.2, -0.15) is 0 Å². The first-order valence-corrected chi connectivity index (χ1v) is 5.54. The molecule has 0 aliphatic rings. The summed E-state index contributed by atoms with van der Waals surface area (Å²) in [6.07, 6.45) is 10.1. The Bertz CT molecular complexity index is 144. The van der Waals surface area contributed by atoms with Gasteiger partial charge in [-0.15, -0.1) is 6.58 Å². The van der Waals surface area contributed by atoms with Crippen LogP contribution in [-0.2, 0) is 4.79 Å². The molecule has 0 unspecified atom stereocenters. The number of allylic oxidation sites excluding steroid dienone is 1. The predicted octanol–water partition coefficient (Wildman–Crippen LogP) is 2.99. The van der Waals surface area contributed by atoms with Gasteiger partial charge in [-0.05, 0) is 19.3 Å². The summed E-state index contributed by atoms with van der Waals surface area (Å²) >= 11 is 0. The lowest BCUT2D eigenvalue weighted by Gasteiger charge is -1.98. The van der Waals surface area contributed by atoms with E-state index >= 15 is 0 Å². The van der Waals surface area contributed by atoms with Crippen LogP contribution in [0.5, 0.6) is 0 Å². The largest absolute Gasteiger partial charge is 0.481 e. The molecule has 15 heavy (non-hydrogen) atoms. The van der Waals surface area contributed by atoms with Gasteiger partial charge in [0.15, 0.2) is 0 Å². The second-order valence-corrected chi connectivity index (χ2v) is 3.34. The quantitative estimate of drug-likeness (QED) is 0.460. The van der Waals surface area contributed by atoms with Crippen LogP contribution in [0.2, 0.25) is 0 Å². The second kappa shape index (κ2) is 15.6. The maximum absolute atomic E-state index is 10.2. The first kappa shape index (κ1) is 16.6. The van der Waals surface area contributed by atoms with Crippen molar-refractivity contribution < 1.29 is 15.0 Å². The third kappa shape index (κ3) is 19.5. The van der Waals surface area contributed by atoms with Crippen LogP contribution in [0, 0.1) is 0 Å². The highest BCUT2D eigenvalue weighted by molar-refractivity contribution is 5.66. The SMILES string of the molecule is C=CCCCCCCCCC(=O)O.CO. The standard InChI is InChI=1S/C11H20O2.CH4O/c1-2-3-4-5-6-7-8-9-10-11(12)13;1-2/h2H,1,3-10H2,(H,12,13);2H,1H3. The van der Waals surface area contributed by atoms with Crippen molar-refractivity contribution in [3.8, 4) is 0 Å². The molecule has 0 saturated carbocycles. The summed E-state index contributed by atoms with van der Waals surface area (Å²) in [5, 5.41) is 15.4. The average Bonchev–Trinajstić information content (AvgIpc) is 2.24. The van der Waals surface area contributed by atoms with Gasteiger partial charge < -0.3 is 10.2 Å². The Morgan fingerprint density at radius 2 is 1.53 bits per heavy atom. The summed E-state index contributed by atoms with van der Waals surface area (Å²) in [5.74, 6) is -0.674. The van der Waals surface area contributed by atoms with Crippen LogP contribution < -0.4 is 0 Å². The molecule has 0 aliphatic carbocycles. The number of carbonyl (C=O) groups is 1. The molecule has 0 saturated heterocycles. The Hall–Kier alpha value is -0.830. The third-order valence-corrected chi connectivity index (χ3v) is 2.05. The topological polar surface area (TPSA) is 57.5 Å². The van der Waals surface area contributed by atoms with Crippen LogP contribution in [0.25, 0.3) is 0 Å². The van der Waals surface area contributed by atoms with Gasteiger partial charge in [-0.3, -0.25) is 4.79 Å². The average molecular weight is 216 g/mol. The minimum atomic E-state index is -0.674. The predicted molar refractivity (Wildman–Crippen MR) is 62.9 cm³/mol. The molecule has 0 atom stereocenters. The van der Waals surface area contributed by atoms with Crippen LogP contribution in [0.1, 0.15) is 51.4 Å². The van der Waals surface area contributed by atoms with Crippen molar-refractivity contribution in [2.75, 3.05) is 7.11 Å². The number of hydrogen-bond donors (Lipinski definition) is 2. The number of hydrogen-bond acceptors (Lipinski definition) is 2. The number of rotatable bonds is 9. The van der Waals surface area contributed by atoms with Gasteiger partial charge in [0, 0.05) is 13.5 Å². The van der Waals surface area contributed by atoms with E-state index < -0.39 is 5.97 Å². The summed E-state index contributed by atoms with van der Waals surface area (Å²) in [5.41, 5.74) is 0. The molecule has 3 heteroatoms. The van der Waals surface area contributed by atoms with E-state index in [9.17, 15) is 4.79 Å². The molecule has 0 aromatic heterocycles. The van der Waals surface area contributed by atoms with Crippen molar-refractivity contribution >= 4 is 5.97 Å². The monoisotopic (exact) mass is 216 g/mol. The molecule has 0 spiro atoms. The fourth-order valence-corrected chi connectivity index (χ4v) is 1.27. The van der Waals surface area contributed by atoms with E-state index in [4.69, 9.17) is 10.2 Å². The molecule has 0 radical (unpaired) electrons. The Morgan fingerprint density at radius 3 is 2.00 bits per heavy atom. The number of aliphatic carboxylic acids is 1. The van der Waals surface area contributed by atoms with Gasteiger partial charge in [-0.1, -0.05) is 31.8 Å². The Labute approximate surface area is 92.8 Å². The van der Waals surface area contributed by atoms with Crippen molar-refractivity contribution in [3.63, 3.8) is 0 Å². The number of aliphatic hydroxyl groups excluding tert-OH is 1. The van der Waals surface area contributed by atoms with Crippen molar-refractivity contribution in [1.82, 2.24) is 0 Å². The zero-order valence-electron chi connectivity index (χ0n) is 9.74. The van der Waals surface area contributed by atoms with Crippen LogP contribution in [0.15, 0.2) is 12.7 Å². The first-order chi connectivity index (χ1) is 7.27. The minimum absolute atomic E-state index is 0.326. The van der Waals surface area contributed by atoms with Gasteiger partial charge in [-0.25, -0.2) is 0 Å². The zero-order valence-corrected chi connectivity index (χ0v) is 9.74. The number of aliphatic hydroxyl groups is 1. The highest BCUT2D eigenvalue weighted by Gasteiger charge is 1.95. The van der Waals surface area contributed by atoms with Gasteiger partial charge in [0.1, 0.15) is 0 Å². The molecule has 0 aromatic rings. The normalized spacial score (nSPS) is 8.93. The molecule has 0 heterocycles. The van der Waals surface area contributed by atoms with Gasteiger partial charge in [0.2, 0.25) is 0 Å².